The first-order valence-electron chi connectivity index (χ1n) is 6.45. The minimum absolute atomic E-state index is 0.145. The molecule has 0 saturated heterocycles. The predicted molar refractivity (Wildman–Crippen MR) is 86.2 cm³/mol. The lowest BCUT2D eigenvalue weighted by molar-refractivity contribution is -0.111. The molecular weight excluding hydrogens is 410 g/mol. The van der Waals surface area contributed by atoms with Crippen LogP contribution >= 0.6 is 22.6 Å². The molecule has 1 aliphatic rings. The van der Waals surface area contributed by atoms with Crippen molar-refractivity contribution in [3.63, 3.8) is 0 Å². The van der Waals surface area contributed by atoms with Gasteiger partial charge in [-0.3, -0.25) is 0 Å². The molecule has 0 aromatic heterocycles. The highest BCUT2D eigenvalue weighted by molar-refractivity contribution is 14.1. The summed E-state index contributed by atoms with van der Waals surface area (Å²) in [4.78, 5) is 1.30. The molecule has 7 heteroatoms. The molecule has 22 heavy (non-hydrogen) atoms. The Balaban J connectivity index is 2.25. The van der Waals surface area contributed by atoms with Crippen LogP contribution in [0.4, 0.5) is 13.2 Å². The maximum atomic E-state index is 13.1. The van der Waals surface area contributed by atoms with Gasteiger partial charge >= 0.3 is 6.18 Å². The SMILES string of the molecule is COc1ccc(CN2CC=C(I)C=C2C(F)(F)F)cc1OC. The summed E-state index contributed by atoms with van der Waals surface area (Å²) in [6, 6.07) is 5.11. The van der Waals surface area contributed by atoms with Crippen molar-refractivity contribution in [2.24, 2.45) is 0 Å². The van der Waals surface area contributed by atoms with E-state index in [1.54, 1.807) is 24.3 Å². The van der Waals surface area contributed by atoms with Crippen molar-refractivity contribution in [2.45, 2.75) is 12.7 Å². The van der Waals surface area contributed by atoms with Crippen molar-refractivity contribution in [3.05, 3.63) is 45.2 Å². The summed E-state index contributed by atoms with van der Waals surface area (Å²) in [6.07, 6.45) is -1.46. The van der Waals surface area contributed by atoms with E-state index in [0.717, 1.165) is 11.6 Å². The van der Waals surface area contributed by atoms with Crippen LogP contribution in [-0.4, -0.2) is 31.8 Å². The molecule has 2 rings (SSSR count). The fourth-order valence-electron chi connectivity index (χ4n) is 2.19. The van der Waals surface area contributed by atoms with E-state index in [4.69, 9.17) is 9.47 Å². The summed E-state index contributed by atoms with van der Waals surface area (Å²) in [5.74, 6) is 1.05. The Kier molecular flexibility index (Phi) is 5.25. The standard InChI is InChI=1S/C15H15F3INO2/c1-21-12-4-3-10(7-13(12)22-2)9-20-6-5-11(19)8-14(20)15(16,17)18/h3-5,7-8H,6,9H2,1-2H3. The van der Waals surface area contributed by atoms with Crippen LogP contribution in [0.15, 0.2) is 39.6 Å². The van der Waals surface area contributed by atoms with Crippen LogP contribution in [-0.2, 0) is 6.54 Å². The summed E-state index contributed by atoms with van der Waals surface area (Å²) in [5.41, 5.74) is 0.0901. The number of alkyl halides is 3. The van der Waals surface area contributed by atoms with E-state index in [-0.39, 0.29) is 13.1 Å². The molecule has 0 radical (unpaired) electrons. The molecule has 0 aliphatic carbocycles. The van der Waals surface area contributed by atoms with Gasteiger partial charge in [-0.1, -0.05) is 12.1 Å². The van der Waals surface area contributed by atoms with Crippen molar-refractivity contribution in [1.82, 2.24) is 4.90 Å². The third-order valence-corrected chi connectivity index (χ3v) is 3.99. The van der Waals surface area contributed by atoms with Crippen LogP contribution in [0, 0.1) is 0 Å². The topological polar surface area (TPSA) is 21.7 Å². The number of rotatable bonds is 4. The van der Waals surface area contributed by atoms with E-state index in [1.165, 1.54) is 19.1 Å². The number of benzene rings is 1. The lowest BCUT2D eigenvalue weighted by Crippen LogP contribution is -2.33. The zero-order valence-electron chi connectivity index (χ0n) is 12.1. The van der Waals surface area contributed by atoms with Gasteiger partial charge in [0.05, 0.1) is 14.2 Å². The first kappa shape index (κ1) is 17.0. The Hall–Kier alpha value is -1.38. The van der Waals surface area contributed by atoms with Crippen LogP contribution in [0.5, 0.6) is 11.5 Å². The molecule has 0 N–H and O–H groups in total. The largest absolute Gasteiger partial charge is 0.493 e. The van der Waals surface area contributed by atoms with Gasteiger partial charge in [-0.15, -0.1) is 0 Å². The number of halogens is 4. The number of allylic oxidation sites excluding steroid dienone is 3. The number of nitrogens with zero attached hydrogens (tertiary/aromatic N) is 1. The van der Waals surface area contributed by atoms with Gasteiger partial charge in [-0.25, -0.2) is 0 Å². The van der Waals surface area contributed by atoms with Gasteiger partial charge in [0.1, 0.15) is 5.70 Å². The van der Waals surface area contributed by atoms with Crippen LogP contribution < -0.4 is 9.47 Å². The zero-order valence-corrected chi connectivity index (χ0v) is 14.2. The Morgan fingerprint density at radius 2 is 1.86 bits per heavy atom. The van der Waals surface area contributed by atoms with Gasteiger partial charge in [0.25, 0.3) is 0 Å². The van der Waals surface area contributed by atoms with Crippen LogP contribution in [0.25, 0.3) is 0 Å². The molecule has 3 nitrogen and oxygen atoms in total. The second-order valence-corrected chi connectivity index (χ2v) is 5.93. The van der Waals surface area contributed by atoms with E-state index in [0.29, 0.717) is 15.1 Å². The number of hydrogen-bond donors (Lipinski definition) is 0. The second-order valence-electron chi connectivity index (χ2n) is 4.69. The average Bonchev–Trinajstić information content (AvgIpc) is 2.48. The third kappa shape index (κ3) is 3.88. The highest BCUT2D eigenvalue weighted by atomic mass is 127. The van der Waals surface area contributed by atoms with Gasteiger partial charge in [0.2, 0.25) is 0 Å². The van der Waals surface area contributed by atoms with Gasteiger partial charge < -0.3 is 14.4 Å². The Bertz CT molecular complexity index is 611. The van der Waals surface area contributed by atoms with Crippen molar-refractivity contribution >= 4 is 22.6 Å². The van der Waals surface area contributed by atoms with E-state index in [1.807, 2.05) is 22.6 Å². The Morgan fingerprint density at radius 3 is 2.45 bits per heavy atom. The Labute approximate surface area is 140 Å². The van der Waals surface area contributed by atoms with Crippen LogP contribution in [0.3, 0.4) is 0 Å². The lowest BCUT2D eigenvalue weighted by atomic mass is 10.1. The van der Waals surface area contributed by atoms with Crippen LogP contribution in [0.1, 0.15) is 5.56 Å². The minimum Gasteiger partial charge on any atom is -0.493 e. The van der Waals surface area contributed by atoms with Gasteiger partial charge in [0, 0.05) is 16.7 Å². The predicted octanol–water partition coefficient (Wildman–Crippen LogP) is 4.28. The number of methoxy groups -OCH3 is 2. The summed E-state index contributed by atoms with van der Waals surface area (Å²) in [7, 11) is 3.01. The van der Waals surface area contributed by atoms with Gasteiger partial charge in [-0.05, 0) is 46.4 Å². The molecule has 0 amide bonds. The second kappa shape index (κ2) is 6.80. The van der Waals surface area contributed by atoms with Crippen molar-refractivity contribution in [2.75, 3.05) is 20.8 Å². The van der Waals surface area contributed by atoms with Crippen molar-refractivity contribution < 1.29 is 22.6 Å². The van der Waals surface area contributed by atoms with E-state index >= 15 is 0 Å². The average molecular weight is 425 g/mol. The molecule has 1 aromatic carbocycles. The molecule has 0 unspecified atom stereocenters. The first-order chi connectivity index (χ1) is 10.3. The zero-order chi connectivity index (χ0) is 16.3. The molecule has 0 fully saturated rings. The molecule has 1 aromatic rings. The van der Waals surface area contributed by atoms with E-state index in [9.17, 15) is 13.2 Å². The fourth-order valence-corrected chi connectivity index (χ4v) is 2.68. The summed E-state index contributed by atoms with van der Waals surface area (Å²) < 4.78 is 50.3. The van der Waals surface area contributed by atoms with Gasteiger partial charge in [0.15, 0.2) is 11.5 Å². The lowest BCUT2D eigenvalue weighted by Gasteiger charge is -2.30. The van der Waals surface area contributed by atoms with Gasteiger partial charge in [-0.2, -0.15) is 13.2 Å². The molecule has 0 atom stereocenters. The smallest absolute Gasteiger partial charge is 0.431 e. The van der Waals surface area contributed by atoms with E-state index in [2.05, 4.69) is 0 Å². The normalized spacial score (nSPS) is 15.3. The highest BCUT2D eigenvalue weighted by Gasteiger charge is 2.38. The molecule has 0 saturated carbocycles. The summed E-state index contributed by atoms with van der Waals surface area (Å²) in [6.45, 7) is 0.365. The number of ether oxygens (including phenoxy) is 2. The van der Waals surface area contributed by atoms with Crippen molar-refractivity contribution in [3.8, 4) is 11.5 Å². The quantitative estimate of drug-likeness (QED) is 0.673. The third-order valence-electron chi connectivity index (χ3n) is 3.23. The molecule has 120 valence electrons. The minimum atomic E-state index is -4.37. The molecule has 1 aliphatic heterocycles. The highest BCUT2D eigenvalue weighted by Crippen LogP contribution is 2.35. The van der Waals surface area contributed by atoms with E-state index < -0.39 is 11.9 Å². The number of hydrogen-bond acceptors (Lipinski definition) is 3. The maximum Gasteiger partial charge on any atom is 0.431 e. The fraction of sp³-hybridized carbons (Fsp3) is 0.333. The molecular formula is C15H15F3INO2. The summed E-state index contributed by atoms with van der Waals surface area (Å²) >= 11 is 1.90. The van der Waals surface area contributed by atoms with Crippen LogP contribution in [0.2, 0.25) is 0 Å². The summed E-state index contributed by atoms with van der Waals surface area (Å²) in [5, 5.41) is 0. The molecule has 0 spiro atoms. The maximum absolute atomic E-state index is 13.1. The first-order valence-corrected chi connectivity index (χ1v) is 7.53. The molecule has 0 bridgehead atoms. The van der Waals surface area contributed by atoms with Crippen molar-refractivity contribution in [1.29, 1.82) is 0 Å². The monoisotopic (exact) mass is 425 g/mol. The molecule has 1 heterocycles. The Morgan fingerprint density at radius 1 is 1.18 bits per heavy atom.